The lowest BCUT2D eigenvalue weighted by Gasteiger charge is -2.25. The van der Waals surface area contributed by atoms with Gasteiger partial charge in [-0.05, 0) is 48.2 Å². The predicted molar refractivity (Wildman–Crippen MR) is 104 cm³/mol. The van der Waals surface area contributed by atoms with E-state index in [1.54, 1.807) is 54.8 Å². The van der Waals surface area contributed by atoms with Crippen molar-refractivity contribution in [2.24, 2.45) is 0 Å². The van der Waals surface area contributed by atoms with Crippen LogP contribution in [-0.2, 0) is 15.2 Å². The maximum absolute atomic E-state index is 12.2. The molecule has 3 aromatic rings. The molecule has 3 N–H and O–H groups in total. The number of nitrogens with one attached hydrogen (secondary N) is 2. The molecule has 0 fully saturated rings. The fraction of sp³-hybridized carbons (Fsp3) is 0.158. The zero-order chi connectivity index (χ0) is 19.4. The highest BCUT2D eigenvalue weighted by Crippen LogP contribution is 2.32. The van der Waals surface area contributed by atoms with Gasteiger partial charge in [-0.25, -0.2) is 0 Å². The molecule has 0 saturated heterocycles. The summed E-state index contributed by atoms with van der Waals surface area (Å²) in [7, 11) is 0. The number of thiophene rings is 1. The Kier molecular flexibility index (Phi) is 5.65. The Bertz CT molecular complexity index is 905. The van der Waals surface area contributed by atoms with Gasteiger partial charge in [0.05, 0.1) is 12.8 Å². The van der Waals surface area contributed by atoms with Crippen LogP contribution in [-0.4, -0.2) is 23.5 Å². The number of carbonyl (C=O) groups is 2. The third-order valence-corrected chi connectivity index (χ3v) is 5.51. The first-order valence-electron chi connectivity index (χ1n) is 8.06. The smallest absolute Gasteiger partial charge is 0.313 e. The van der Waals surface area contributed by atoms with Crippen LogP contribution in [0.5, 0.6) is 0 Å². The number of hydrogen-bond donors (Lipinski definition) is 3. The van der Waals surface area contributed by atoms with Crippen LogP contribution in [0.1, 0.15) is 16.2 Å². The van der Waals surface area contributed by atoms with E-state index >= 15 is 0 Å². The molecule has 1 atom stereocenters. The van der Waals surface area contributed by atoms with Crippen LogP contribution < -0.4 is 10.6 Å². The molecule has 6 nitrogen and oxygen atoms in total. The molecule has 0 radical (unpaired) electrons. The number of hydrogen-bond acceptors (Lipinski definition) is 5. The molecule has 0 bridgehead atoms. The molecule has 8 heteroatoms. The van der Waals surface area contributed by atoms with Crippen molar-refractivity contribution in [3.8, 4) is 0 Å². The summed E-state index contributed by atoms with van der Waals surface area (Å²) in [5.41, 5.74) is -0.465. The van der Waals surface area contributed by atoms with E-state index in [0.29, 0.717) is 21.2 Å². The molecule has 0 unspecified atom stereocenters. The number of rotatable bonds is 5. The fourth-order valence-corrected chi connectivity index (χ4v) is 3.54. The Balaban J connectivity index is 1.71. The maximum atomic E-state index is 12.2. The summed E-state index contributed by atoms with van der Waals surface area (Å²) in [5.74, 6) is -1.46. The monoisotopic (exact) mass is 404 g/mol. The van der Waals surface area contributed by atoms with E-state index in [4.69, 9.17) is 16.0 Å². The van der Waals surface area contributed by atoms with Crippen molar-refractivity contribution >= 4 is 40.4 Å². The average Bonchev–Trinajstić information content (AvgIpc) is 3.37. The molecule has 2 aromatic heterocycles. The van der Waals surface area contributed by atoms with Crippen molar-refractivity contribution < 1.29 is 19.1 Å². The van der Waals surface area contributed by atoms with E-state index in [9.17, 15) is 14.7 Å². The van der Waals surface area contributed by atoms with Crippen molar-refractivity contribution in [1.82, 2.24) is 5.32 Å². The molecule has 27 heavy (non-hydrogen) atoms. The van der Waals surface area contributed by atoms with Gasteiger partial charge in [-0.15, -0.1) is 11.3 Å². The first kappa shape index (κ1) is 19.2. The van der Waals surface area contributed by atoms with Gasteiger partial charge in [0.15, 0.2) is 5.60 Å². The lowest BCUT2D eigenvalue weighted by atomic mass is 9.98. The van der Waals surface area contributed by atoms with E-state index < -0.39 is 17.4 Å². The minimum atomic E-state index is -1.57. The molecule has 0 saturated carbocycles. The molecule has 140 valence electrons. The van der Waals surface area contributed by atoms with Gasteiger partial charge in [0.2, 0.25) is 0 Å². The van der Waals surface area contributed by atoms with E-state index in [2.05, 4.69) is 10.6 Å². The number of anilines is 1. The number of amides is 2. The molecular weight excluding hydrogens is 388 g/mol. The first-order chi connectivity index (χ1) is 12.9. The summed E-state index contributed by atoms with van der Waals surface area (Å²) in [6, 6.07) is 11.8. The van der Waals surface area contributed by atoms with Crippen LogP contribution in [0.25, 0.3) is 0 Å². The molecule has 1 aromatic carbocycles. The summed E-state index contributed by atoms with van der Waals surface area (Å²) >= 11 is 7.34. The number of carbonyl (C=O) groups excluding carboxylic acids is 2. The molecule has 0 aliphatic heterocycles. The van der Waals surface area contributed by atoms with Gasteiger partial charge in [-0.2, -0.15) is 0 Å². The number of furan rings is 1. The topological polar surface area (TPSA) is 91.6 Å². The van der Waals surface area contributed by atoms with Crippen molar-refractivity contribution in [2.75, 3.05) is 11.9 Å². The van der Waals surface area contributed by atoms with Crippen LogP contribution in [0.15, 0.2) is 58.5 Å². The maximum Gasteiger partial charge on any atom is 0.313 e. The van der Waals surface area contributed by atoms with E-state index in [1.807, 2.05) is 0 Å². The molecule has 2 amide bonds. The second kappa shape index (κ2) is 7.96. The second-order valence-electron chi connectivity index (χ2n) is 5.86. The molecule has 0 aliphatic carbocycles. The van der Waals surface area contributed by atoms with Gasteiger partial charge in [0.25, 0.3) is 0 Å². The number of benzene rings is 1. The minimum Gasteiger partial charge on any atom is -0.466 e. The van der Waals surface area contributed by atoms with Crippen LogP contribution in [0.4, 0.5) is 5.69 Å². The third-order valence-electron chi connectivity index (χ3n) is 4.08. The SMILES string of the molecule is Cc1c(Cl)cccc1NC(=O)C(=O)NC[C@](O)(c1ccco1)c1cccs1. The third kappa shape index (κ3) is 4.05. The molecule has 3 rings (SSSR count). The first-order valence-corrected chi connectivity index (χ1v) is 9.32. The van der Waals surface area contributed by atoms with Crippen LogP contribution >= 0.6 is 22.9 Å². The Morgan fingerprint density at radius 1 is 1.19 bits per heavy atom. The van der Waals surface area contributed by atoms with Gasteiger partial charge in [-0.3, -0.25) is 9.59 Å². The summed E-state index contributed by atoms with van der Waals surface area (Å²) in [6.45, 7) is 1.52. The summed E-state index contributed by atoms with van der Waals surface area (Å²) in [4.78, 5) is 25.0. The Hall–Kier alpha value is -2.61. The lowest BCUT2D eigenvalue weighted by Crippen LogP contribution is -2.44. The number of halogens is 1. The molecule has 2 heterocycles. The van der Waals surface area contributed by atoms with Crippen molar-refractivity contribution in [1.29, 1.82) is 0 Å². The van der Waals surface area contributed by atoms with Crippen LogP contribution in [0, 0.1) is 6.92 Å². The van der Waals surface area contributed by atoms with Crippen molar-refractivity contribution in [2.45, 2.75) is 12.5 Å². The zero-order valence-corrected chi connectivity index (χ0v) is 15.9. The van der Waals surface area contributed by atoms with Crippen LogP contribution in [0.2, 0.25) is 5.02 Å². The molecule has 0 aliphatic rings. The Morgan fingerprint density at radius 3 is 2.67 bits per heavy atom. The predicted octanol–water partition coefficient (Wildman–Crippen LogP) is 3.29. The normalized spacial score (nSPS) is 13.0. The Morgan fingerprint density at radius 2 is 2.00 bits per heavy atom. The number of aliphatic hydroxyl groups is 1. The van der Waals surface area contributed by atoms with Crippen molar-refractivity contribution in [3.05, 3.63) is 75.3 Å². The van der Waals surface area contributed by atoms with Gasteiger partial charge in [0, 0.05) is 15.6 Å². The second-order valence-corrected chi connectivity index (χ2v) is 7.22. The van der Waals surface area contributed by atoms with E-state index in [-0.39, 0.29) is 12.3 Å². The lowest BCUT2D eigenvalue weighted by molar-refractivity contribution is -0.136. The molecular formula is C19H17ClN2O4S. The van der Waals surface area contributed by atoms with Gasteiger partial charge in [-0.1, -0.05) is 23.7 Å². The van der Waals surface area contributed by atoms with Gasteiger partial charge >= 0.3 is 11.8 Å². The van der Waals surface area contributed by atoms with Gasteiger partial charge in [0.1, 0.15) is 5.76 Å². The minimum absolute atomic E-state index is 0.220. The van der Waals surface area contributed by atoms with Crippen LogP contribution in [0.3, 0.4) is 0 Å². The summed E-state index contributed by atoms with van der Waals surface area (Å²) in [6.07, 6.45) is 1.43. The van der Waals surface area contributed by atoms with Gasteiger partial charge < -0.3 is 20.2 Å². The zero-order valence-electron chi connectivity index (χ0n) is 14.4. The average molecular weight is 405 g/mol. The van der Waals surface area contributed by atoms with E-state index in [0.717, 1.165) is 0 Å². The molecule has 0 spiro atoms. The standard InChI is InChI=1S/C19H17ClN2O4S/c1-12-13(20)5-2-6-14(12)22-18(24)17(23)21-11-19(25,15-7-3-9-26-15)16-8-4-10-27-16/h2-10,25H,11H2,1H3,(H,21,23)(H,22,24)/t19-/m0/s1. The highest BCUT2D eigenvalue weighted by atomic mass is 35.5. The van der Waals surface area contributed by atoms with Crippen molar-refractivity contribution in [3.63, 3.8) is 0 Å². The largest absolute Gasteiger partial charge is 0.466 e. The quantitative estimate of drug-likeness (QED) is 0.569. The highest BCUT2D eigenvalue weighted by molar-refractivity contribution is 7.10. The summed E-state index contributed by atoms with van der Waals surface area (Å²) in [5, 5.41) is 18.4. The van der Waals surface area contributed by atoms with E-state index in [1.165, 1.54) is 17.6 Å². The summed E-state index contributed by atoms with van der Waals surface area (Å²) < 4.78 is 5.33. The highest BCUT2D eigenvalue weighted by Gasteiger charge is 2.36. The Labute approximate surface area is 164 Å². The fourth-order valence-electron chi connectivity index (χ4n) is 2.53.